The molecule has 3 heterocycles. The van der Waals surface area contributed by atoms with Crippen LogP contribution in [-0.4, -0.2) is 57.3 Å². The highest BCUT2D eigenvalue weighted by atomic mass is 16.2. The Hall–Kier alpha value is -3.48. The van der Waals surface area contributed by atoms with Gasteiger partial charge in [-0.2, -0.15) is 0 Å². The molecule has 0 spiro atoms. The van der Waals surface area contributed by atoms with Crippen molar-refractivity contribution in [2.24, 2.45) is 0 Å². The van der Waals surface area contributed by atoms with Crippen molar-refractivity contribution in [3.05, 3.63) is 108 Å². The van der Waals surface area contributed by atoms with Crippen molar-refractivity contribution in [3.63, 3.8) is 0 Å². The van der Waals surface area contributed by atoms with E-state index in [2.05, 4.69) is 50.0 Å². The van der Waals surface area contributed by atoms with Gasteiger partial charge in [0.25, 0.3) is 0 Å². The summed E-state index contributed by atoms with van der Waals surface area (Å²) in [6.07, 6.45) is 4.13. The Morgan fingerprint density at radius 1 is 0.882 bits per heavy atom. The van der Waals surface area contributed by atoms with Gasteiger partial charge in [-0.3, -0.25) is 14.6 Å². The third kappa shape index (κ3) is 5.03. The van der Waals surface area contributed by atoms with E-state index in [0.29, 0.717) is 0 Å². The van der Waals surface area contributed by atoms with Crippen LogP contribution in [0.5, 0.6) is 0 Å². The van der Waals surface area contributed by atoms with E-state index in [1.807, 2.05) is 67.7 Å². The lowest BCUT2D eigenvalue weighted by atomic mass is 9.98. The smallest absolute Gasteiger partial charge is 0.237 e. The summed E-state index contributed by atoms with van der Waals surface area (Å²) in [5.41, 5.74) is 4.24. The molecule has 1 aliphatic heterocycles. The first kappa shape index (κ1) is 22.3. The second-order valence-electron chi connectivity index (χ2n) is 8.95. The quantitative estimate of drug-likeness (QED) is 0.463. The van der Waals surface area contributed by atoms with Gasteiger partial charge in [-0.15, -0.1) is 0 Å². The molecule has 5 rings (SSSR count). The molecule has 34 heavy (non-hydrogen) atoms. The maximum absolute atomic E-state index is 13.3. The summed E-state index contributed by atoms with van der Waals surface area (Å²) in [6.45, 7) is 6.42. The summed E-state index contributed by atoms with van der Waals surface area (Å²) in [7, 11) is 0. The van der Waals surface area contributed by atoms with E-state index < -0.39 is 0 Å². The molecule has 2 aromatic carbocycles. The fraction of sp³-hybridized carbons (Fsp3) is 0.286. The number of hydrogen-bond acceptors (Lipinski definition) is 4. The molecule has 1 saturated heterocycles. The normalized spacial score (nSPS) is 16.1. The number of imidazole rings is 1. The third-order valence-corrected chi connectivity index (χ3v) is 6.69. The van der Waals surface area contributed by atoms with Gasteiger partial charge in [-0.25, -0.2) is 4.98 Å². The molecule has 6 heteroatoms. The number of aromatic nitrogens is 2. The number of rotatable bonds is 7. The van der Waals surface area contributed by atoms with E-state index in [9.17, 15) is 4.79 Å². The minimum Gasteiger partial charge on any atom is -0.344 e. The van der Waals surface area contributed by atoms with Crippen molar-refractivity contribution >= 4 is 11.6 Å². The number of amides is 1. The zero-order chi connectivity index (χ0) is 23.3. The molecule has 1 amide bonds. The molecular weight excluding hydrogens is 422 g/mol. The maximum Gasteiger partial charge on any atom is 0.237 e. The summed E-state index contributed by atoms with van der Waals surface area (Å²) in [5.74, 6) is 0.0616. The second-order valence-corrected chi connectivity index (χ2v) is 8.95. The zero-order valence-electron chi connectivity index (χ0n) is 19.5. The maximum atomic E-state index is 13.3. The van der Waals surface area contributed by atoms with E-state index in [0.717, 1.165) is 55.2 Å². The van der Waals surface area contributed by atoms with E-state index >= 15 is 0 Å². The highest BCUT2D eigenvalue weighted by Crippen LogP contribution is 2.22. The van der Waals surface area contributed by atoms with Crippen LogP contribution in [0.1, 0.15) is 29.8 Å². The van der Waals surface area contributed by atoms with Crippen LogP contribution >= 0.6 is 0 Å². The Bertz CT molecular complexity index is 1140. The first-order valence-electron chi connectivity index (χ1n) is 12.0. The van der Waals surface area contributed by atoms with E-state index in [1.165, 1.54) is 0 Å². The van der Waals surface area contributed by atoms with Crippen LogP contribution in [-0.2, 0) is 11.3 Å². The largest absolute Gasteiger partial charge is 0.344 e. The number of pyridine rings is 1. The van der Waals surface area contributed by atoms with Crippen molar-refractivity contribution in [2.75, 3.05) is 26.2 Å². The molecule has 1 fully saturated rings. The highest BCUT2D eigenvalue weighted by Gasteiger charge is 2.28. The van der Waals surface area contributed by atoms with Crippen LogP contribution < -0.4 is 5.32 Å². The summed E-state index contributed by atoms with van der Waals surface area (Å²) in [4.78, 5) is 22.7. The van der Waals surface area contributed by atoms with E-state index in [-0.39, 0.29) is 18.0 Å². The van der Waals surface area contributed by atoms with Crippen molar-refractivity contribution in [1.29, 1.82) is 0 Å². The number of piperazine rings is 1. The van der Waals surface area contributed by atoms with E-state index in [4.69, 9.17) is 4.98 Å². The number of nitrogens with zero attached hydrogens (tertiary/aromatic N) is 4. The fourth-order valence-electron chi connectivity index (χ4n) is 4.68. The van der Waals surface area contributed by atoms with Crippen LogP contribution in [0, 0.1) is 0 Å². The highest BCUT2D eigenvalue weighted by molar-refractivity contribution is 5.82. The first-order valence-corrected chi connectivity index (χ1v) is 12.0. The third-order valence-electron chi connectivity index (χ3n) is 6.69. The molecular formula is C28H31N5O. The molecule has 0 aliphatic carbocycles. The summed E-state index contributed by atoms with van der Waals surface area (Å²) in [5, 5.41) is 3.31. The average Bonchev–Trinajstić information content (AvgIpc) is 3.30. The number of fused-ring (bicyclic) bond motifs is 1. The Kier molecular flexibility index (Phi) is 6.70. The molecule has 0 bridgehead atoms. The number of nitrogens with one attached hydrogen (secondary N) is 1. The van der Waals surface area contributed by atoms with Gasteiger partial charge >= 0.3 is 0 Å². The lowest BCUT2D eigenvalue weighted by Gasteiger charge is -2.37. The van der Waals surface area contributed by atoms with E-state index in [1.54, 1.807) is 0 Å². The van der Waals surface area contributed by atoms with Crippen molar-refractivity contribution in [3.8, 4) is 0 Å². The standard InChI is InChI=1S/C28H31N5O/c1-22(28(34)30-27(23-10-4-2-5-11-23)24-12-6-3-7-13-24)32-18-16-31(17-19-32)20-25-21-33-15-9-8-14-26(33)29-25/h2-15,21-22,27H,16-20H2,1H3,(H,30,34). The van der Waals surface area contributed by atoms with Gasteiger partial charge in [0.05, 0.1) is 17.8 Å². The molecule has 1 atom stereocenters. The summed E-state index contributed by atoms with van der Waals surface area (Å²) in [6, 6.07) is 26.1. The number of hydrogen-bond donors (Lipinski definition) is 1. The monoisotopic (exact) mass is 453 g/mol. The van der Waals surface area contributed by atoms with Gasteiger partial charge in [-0.05, 0) is 30.2 Å². The molecule has 0 radical (unpaired) electrons. The summed E-state index contributed by atoms with van der Waals surface area (Å²) >= 11 is 0. The molecule has 2 aromatic heterocycles. The minimum absolute atomic E-state index is 0.0616. The van der Waals surface area contributed by atoms with Crippen LogP contribution in [0.15, 0.2) is 91.3 Å². The van der Waals surface area contributed by atoms with Gasteiger partial charge < -0.3 is 9.72 Å². The Labute approximate surface area is 200 Å². The Balaban J connectivity index is 1.19. The topological polar surface area (TPSA) is 52.9 Å². The first-order chi connectivity index (χ1) is 16.7. The van der Waals surface area contributed by atoms with Gasteiger partial charge in [0.15, 0.2) is 0 Å². The minimum atomic E-state index is -0.188. The SMILES string of the molecule is CC(C(=O)NC(c1ccccc1)c1ccccc1)N1CCN(Cc2cn3ccccc3n2)CC1. The van der Waals surface area contributed by atoms with Gasteiger partial charge in [-0.1, -0.05) is 66.7 Å². The molecule has 1 aliphatic rings. The fourth-order valence-corrected chi connectivity index (χ4v) is 4.68. The molecule has 0 saturated carbocycles. The second kappa shape index (κ2) is 10.2. The molecule has 1 unspecified atom stereocenters. The Morgan fingerprint density at radius 3 is 2.12 bits per heavy atom. The summed E-state index contributed by atoms with van der Waals surface area (Å²) < 4.78 is 2.06. The van der Waals surface area contributed by atoms with Crippen molar-refractivity contribution < 1.29 is 4.79 Å². The van der Waals surface area contributed by atoms with Crippen molar-refractivity contribution in [1.82, 2.24) is 24.5 Å². The van der Waals surface area contributed by atoms with Gasteiger partial charge in [0.1, 0.15) is 5.65 Å². The van der Waals surface area contributed by atoms with Crippen LogP contribution in [0.25, 0.3) is 5.65 Å². The van der Waals surface area contributed by atoms with Crippen molar-refractivity contribution in [2.45, 2.75) is 25.6 Å². The Morgan fingerprint density at radius 2 is 1.50 bits per heavy atom. The molecule has 1 N–H and O–H groups in total. The lowest BCUT2D eigenvalue weighted by Crippen LogP contribution is -2.54. The molecule has 6 nitrogen and oxygen atoms in total. The van der Waals surface area contributed by atoms with Crippen LogP contribution in [0.3, 0.4) is 0 Å². The molecule has 174 valence electrons. The van der Waals surface area contributed by atoms with Crippen LogP contribution in [0.2, 0.25) is 0 Å². The van der Waals surface area contributed by atoms with Gasteiger partial charge in [0, 0.05) is 45.1 Å². The molecule has 4 aromatic rings. The number of carbonyl (C=O) groups is 1. The predicted octanol–water partition coefficient (Wildman–Crippen LogP) is 3.75. The van der Waals surface area contributed by atoms with Gasteiger partial charge in [0.2, 0.25) is 5.91 Å². The number of benzene rings is 2. The number of carbonyl (C=O) groups excluding carboxylic acids is 1. The average molecular weight is 454 g/mol. The lowest BCUT2D eigenvalue weighted by molar-refractivity contribution is -0.127. The van der Waals surface area contributed by atoms with Crippen LogP contribution in [0.4, 0.5) is 0 Å². The predicted molar refractivity (Wildman–Crippen MR) is 134 cm³/mol. The zero-order valence-corrected chi connectivity index (χ0v) is 19.5.